The van der Waals surface area contributed by atoms with Gasteiger partial charge in [-0.05, 0) is 33.5 Å². The van der Waals surface area contributed by atoms with Crippen LogP contribution in [-0.2, 0) is 0 Å². The van der Waals surface area contributed by atoms with Gasteiger partial charge >= 0.3 is 0 Å². The molecule has 12 heavy (non-hydrogen) atoms. The van der Waals surface area contributed by atoms with Crippen molar-refractivity contribution in [3.63, 3.8) is 0 Å². The van der Waals surface area contributed by atoms with Gasteiger partial charge in [-0.3, -0.25) is 9.80 Å². The Balaban J connectivity index is 3.87. The number of hydrogen-bond donors (Lipinski definition) is 0. The van der Waals surface area contributed by atoms with Gasteiger partial charge in [0, 0.05) is 6.54 Å². The van der Waals surface area contributed by atoms with E-state index in [0.717, 1.165) is 19.5 Å². The first-order valence-corrected chi connectivity index (χ1v) is 4.96. The first-order chi connectivity index (χ1) is 5.67. The third kappa shape index (κ3) is 3.55. The van der Waals surface area contributed by atoms with Crippen LogP contribution in [0.4, 0.5) is 0 Å². The van der Waals surface area contributed by atoms with Crippen molar-refractivity contribution in [3.05, 3.63) is 6.54 Å². The fourth-order valence-corrected chi connectivity index (χ4v) is 1.45. The highest BCUT2D eigenvalue weighted by Crippen LogP contribution is 2.05. The smallest absolute Gasteiger partial charge is 0.0593 e. The lowest BCUT2D eigenvalue weighted by atomic mass is 10.3. The van der Waals surface area contributed by atoms with Gasteiger partial charge in [-0.2, -0.15) is 0 Å². The average molecular weight is 171 g/mol. The summed E-state index contributed by atoms with van der Waals surface area (Å²) in [5.74, 6) is 0. The number of rotatable bonds is 6. The molecule has 0 aromatic rings. The molecule has 1 radical (unpaired) electrons. The highest BCUT2D eigenvalue weighted by atomic mass is 15.3. The second kappa shape index (κ2) is 6.44. The summed E-state index contributed by atoms with van der Waals surface area (Å²) < 4.78 is 0. The van der Waals surface area contributed by atoms with Gasteiger partial charge in [0.2, 0.25) is 0 Å². The van der Waals surface area contributed by atoms with Gasteiger partial charge in [-0.25, -0.2) is 0 Å². The van der Waals surface area contributed by atoms with Gasteiger partial charge in [-0.15, -0.1) is 0 Å². The Hall–Kier alpha value is -0.0800. The summed E-state index contributed by atoms with van der Waals surface area (Å²) >= 11 is 0. The molecule has 2 heteroatoms. The summed E-state index contributed by atoms with van der Waals surface area (Å²) in [6.45, 7) is 13.3. The van der Waals surface area contributed by atoms with Crippen LogP contribution in [0.2, 0.25) is 0 Å². The third-order valence-electron chi connectivity index (χ3n) is 2.40. The second-order valence-corrected chi connectivity index (χ2v) is 3.11. The zero-order valence-corrected chi connectivity index (χ0v) is 9.17. The first kappa shape index (κ1) is 11.9. The molecule has 0 bridgehead atoms. The molecule has 0 aromatic carbocycles. The summed E-state index contributed by atoms with van der Waals surface area (Å²) in [6, 6.07) is 0. The summed E-state index contributed by atoms with van der Waals surface area (Å²) in [5.41, 5.74) is 0. The molecular formula is C10H23N2. The first-order valence-electron chi connectivity index (χ1n) is 4.96. The van der Waals surface area contributed by atoms with Crippen LogP contribution in [0, 0.1) is 6.54 Å². The summed E-state index contributed by atoms with van der Waals surface area (Å²) in [5, 5.41) is 0. The van der Waals surface area contributed by atoms with Crippen LogP contribution in [0.5, 0.6) is 0 Å². The second-order valence-electron chi connectivity index (χ2n) is 3.11. The minimum Gasteiger partial charge on any atom is -0.289 e. The molecule has 0 aliphatic rings. The van der Waals surface area contributed by atoms with E-state index in [2.05, 4.69) is 51.1 Å². The lowest BCUT2D eigenvalue weighted by Gasteiger charge is -2.33. The fourth-order valence-electron chi connectivity index (χ4n) is 1.45. The summed E-state index contributed by atoms with van der Waals surface area (Å²) in [6.07, 6.45) is 1.64. The molecule has 0 N–H and O–H groups in total. The maximum atomic E-state index is 2.44. The van der Waals surface area contributed by atoms with Crippen molar-refractivity contribution in [1.29, 1.82) is 0 Å². The van der Waals surface area contributed by atoms with Crippen LogP contribution in [0.1, 0.15) is 34.1 Å². The Labute approximate surface area is 77.5 Å². The molecule has 0 spiro atoms. The van der Waals surface area contributed by atoms with E-state index in [1.165, 1.54) is 0 Å². The molecule has 0 saturated heterocycles. The van der Waals surface area contributed by atoms with E-state index in [4.69, 9.17) is 0 Å². The minimum absolute atomic E-state index is 0.528. The van der Waals surface area contributed by atoms with E-state index in [9.17, 15) is 0 Å². The molecule has 1 unspecified atom stereocenters. The standard InChI is InChI=1S/C10H23N2/c1-6-9-11(5)10(4)12(7-2)8-3/h9-10H,6-8H2,1-5H3. The van der Waals surface area contributed by atoms with Crippen molar-refractivity contribution in [2.75, 3.05) is 20.1 Å². The van der Waals surface area contributed by atoms with Gasteiger partial charge in [0.15, 0.2) is 0 Å². The van der Waals surface area contributed by atoms with Crippen LogP contribution in [0.15, 0.2) is 0 Å². The Morgan fingerprint density at radius 3 is 2.00 bits per heavy atom. The minimum atomic E-state index is 0.528. The van der Waals surface area contributed by atoms with Crippen LogP contribution in [-0.4, -0.2) is 36.1 Å². The van der Waals surface area contributed by atoms with Gasteiger partial charge in [0.25, 0.3) is 0 Å². The molecule has 1 atom stereocenters. The van der Waals surface area contributed by atoms with Gasteiger partial charge in [0.1, 0.15) is 0 Å². The average Bonchev–Trinajstić information content (AvgIpc) is 2.07. The number of nitrogens with zero attached hydrogens (tertiary/aromatic N) is 2. The molecule has 0 aliphatic carbocycles. The molecule has 0 saturated carbocycles. The van der Waals surface area contributed by atoms with E-state index < -0.39 is 0 Å². The van der Waals surface area contributed by atoms with Crippen molar-refractivity contribution in [1.82, 2.24) is 9.80 Å². The molecule has 0 aromatic heterocycles. The fraction of sp³-hybridized carbons (Fsp3) is 0.900. The van der Waals surface area contributed by atoms with Crippen LogP contribution >= 0.6 is 0 Å². The van der Waals surface area contributed by atoms with Crippen molar-refractivity contribution in [3.8, 4) is 0 Å². The van der Waals surface area contributed by atoms with Crippen LogP contribution in [0.25, 0.3) is 0 Å². The summed E-state index contributed by atoms with van der Waals surface area (Å²) in [7, 11) is 2.15. The normalized spacial score (nSPS) is 14.2. The monoisotopic (exact) mass is 171 g/mol. The largest absolute Gasteiger partial charge is 0.289 e. The molecular weight excluding hydrogens is 148 g/mol. The maximum Gasteiger partial charge on any atom is 0.0593 e. The van der Waals surface area contributed by atoms with E-state index in [0.29, 0.717) is 6.17 Å². The Morgan fingerprint density at radius 2 is 1.67 bits per heavy atom. The quantitative estimate of drug-likeness (QED) is 0.565. The SMILES string of the molecule is CC[CH]N(C)C(C)N(CC)CC. The highest BCUT2D eigenvalue weighted by Gasteiger charge is 2.13. The topological polar surface area (TPSA) is 6.48 Å². The van der Waals surface area contributed by atoms with Crippen molar-refractivity contribution in [2.45, 2.75) is 40.3 Å². The van der Waals surface area contributed by atoms with E-state index in [-0.39, 0.29) is 0 Å². The van der Waals surface area contributed by atoms with Crippen molar-refractivity contribution < 1.29 is 0 Å². The number of hydrogen-bond acceptors (Lipinski definition) is 2. The van der Waals surface area contributed by atoms with Crippen LogP contribution < -0.4 is 0 Å². The lowest BCUT2D eigenvalue weighted by molar-refractivity contribution is 0.104. The molecule has 0 rings (SSSR count). The summed E-state index contributed by atoms with van der Waals surface area (Å²) in [4.78, 5) is 4.72. The highest BCUT2D eigenvalue weighted by molar-refractivity contribution is 4.70. The Morgan fingerprint density at radius 1 is 1.17 bits per heavy atom. The molecule has 2 nitrogen and oxygen atoms in total. The lowest BCUT2D eigenvalue weighted by Crippen LogP contribution is -2.43. The maximum absolute atomic E-state index is 2.44. The molecule has 0 fully saturated rings. The van der Waals surface area contributed by atoms with Crippen molar-refractivity contribution in [2.24, 2.45) is 0 Å². The Bertz CT molecular complexity index is 100. The van der Waals surface area contributed by atoms with E-state index >= 15 is 0 Å². The van der Waals surface area contributed by atoms with Gasteiger partial charge in [-0.1, -0.05) is 20.8 Å². The predicted octanol–water partition coefficient (Wildman–Crippen LogP) is 2.18. The predicted molar refractivity (Wildman–Crippen MR) is 54.7 cm³/mol. The van der Waals surface area contributed by atoms with E-state index in [1.54, 1.807) is 0 Å². The Kier molecular flexibility index (Phi) is 6.39. The van der Waals surface area contributed by atoms with Gasteiger partial charge < -0.3 is 0 Å². The third-order valence-corrected chi connectivity index (χ3v) is 2.40. The van der Waals surface area contributed by atoms with E-state index in [1.807, 2.05) is 0 Å². The van der Waals surface area contributed by atoms with Gasteiger partial charge in [0.05, 0.1) is 6.17 Å². The van der Waals surface area contributed by atoms with Crippen LogP contribution in [0.3, 0.4) is 0 Å². The molecule has 0 amide bonds. The molecule has 0 aliphatic heterocycles. The zero-order valence-electron chi connectivity index (χ0n) is 9.17. The molecule has 73 valence electrons. The zero-order chi connectivity index (χ0) is 9.56. The van der Waals surface area contributed by atoms with Crippen molar-refractivity contribution >= 4 is 0 Å². The molecule has 0 heterocycles.